The molecule has 122 valence electrons. The summed E-state index contributed by atoms with van der Waals surface area (Å²) in [6.07, 6.45) is 1.83. The fourth-order valence-electron chi connectivity index (χ4n) is 2.59. The summed E-state index contributed by atoms with van der Waals surface area (Å²) in [6, 6.07) is 9.72. The number of hydrogen-bond donors (Lipinski definition) is 2. The van der Waals surface area contributed by atoms with E-state index in [0.717, 1.165) is 48.9 Å². The average molecular weight is 333 g/mol. The maximum absolute atomic E-state index is 6.40. The number of aromatic nitrogens is 1. The molecule has 1 saturated heterocycles. The van der Waals surface area contributed by atoms with Crippen molar-refractivity contribution in [3.8, 4) is 5.75 Å². The Kier molecular flexibility index (Phi) is 5.33. The van der Waals surface area contributed by atoms with E-state index >= 15 is 0 Å². The van der Waals surface area contributed by atoms with Crippen LogP contribution >= 0.6 is 11.6 Å². The van der Waals surface area contributed by atoms with Crippen molar-refractivity contribution < 1.29 is 4.74 Å². The highest BCUT2D eigenvalue weighted by molar-refractivity contribution is 6.33. The lowest BCUT2D eigenvalue weighted by Crippen LogP contribution is -2.44. The normalized spacial score (nSPS) is 14.8. The van der Waals surface area contributed by atoms with E-state index in [-0.39, 0.29) is 0 Å². The second-order valence-electron chi connectivity index (χ2n) is 5.53. The Morgan fingerprint density at radius 3 is 2.78 bits per heavy atom. The van der Waals surface area contributed by atoms with Crippen molar-refractivity contribution in [2.75, 3.05) is 31.1 Å². The number of anilines is 1. The molecule has 0 amide bonds. The van der Waals surface area contributed by atoms with Gasteiger partial charge in [0, 0.05) is 44.5 Å². The second kappa shape index (κ2) is 7.64. The third-order valence-electron chi connectivity index (χ3n) is 3.83. The summed E-state index contributed by atoms with van der Waals surface area (Å²) in [5, 5.41) is 3.99. The van der Waals surface area contributed by atoms with Crippen LogP contribution in [0, 0.1) is 0 Å². The third-order valence-corrected chi connectivity index (χ3v) is 4.11. The molecule has 0 aliphatic carbocycles. The SMILES string of the molecule is NCc1cccc(OCc2cnc(N3CCNCC3)c(Cl)c2)c1. The van der Waals surface area contributed by atoms with Crippen LogP contribution in [0.3, 0.4) is 0 Å². The van der Waals surface area contributed by atoms with E-state index in [9.17, 15) is 0 Å². The van der Waals surface area contributed by atoms with Gasteiger partial charge in [-0.25, -0.2) is 4.98 Å². The lowest BCUT2D eigenvalue weighted by molar-refractivity contribution is 0.305. The van der Waals surface area contributed by atoms with Gasteiger partial charge in [0.05, 0.1) is 5.02 Å². The minimum Gasteiger partial charge on any atom is -0.489 e. The summed E-state index contributed by atoms with van der Waals surface area (Å²) in [6.45, 7) is 4.70. The summed E-state index contributed by atoms with van der Waals surface area (Å²) in [5.41, 5.74) is 7.64. The molecule has 2 heterocycles. The van der Waals surface area contributed by atoms with Crippen LogP contribution < -0.4 is 20.7 Å². The fraction of sp³-hybridized carbons (Fsp3) is 0.353. The largest absolute Gasteiger partial charge is 0.489 e. The maximum atomic E-state index is 6.40. The molecule has 0 bridgehead atoms. The van der Waals surface area contributed by atoms with Crippen LogP contribution in [0.2, 0.25) is 5.02 Å². The number of nitrogens with two attached hydrogens (primary N) is 1. The molecule has 0 atom stereocenters. The van der Waals surface area contributed by atoms with Gasteiger partial charge in [-0.2, -0.15) is 0 Å². The molecule has 0 saturated carbocycles. The molecule has 1 aliphatic rings. The van der Waals surface area contributed by atoms with Gasteiger partial charge in [0.1, 0.15) is 18.2 Å². The van der Waals surface area contributed by atoms with Crippen LogP contribution in [0.1, 0.15) is 11.1 Å². The van der Waals surface area contributed by atoms with E-state index in [1.807, 2.05) is 36.5 Å². The molecule has 1 aromatic heterocycles. The number of halogens is 1. The number of ether oxygens (including phenoxy) is 1. The van der Waals surface area contributed by atoms with Gasteiger partial charge in [-0.05, 0) is 23.8 Å². The van der Waals surface area contributed by atoms with Gasteiger partial charge in [-0.1, -0.05) is 23.7 Å². The Bertz CT molecular complexity index is 659. The van der Waals surface area contributed by atoms with Crippen LogP contribution in [0.4, 0.5) is 5.82 Å². The topological polar surface area (TPSA) is 63.4 Å². The first kappa shape index (κ1) is 16.1. The van der Waals surface area contributed by atoms with Crippen molar-refractivity contribution >= 4 is 17.4 Å². The van der Waals surface area contributed by atoms with Crippen molar-refractivity contribution in [1.29, 1.82) is 0 Å². The van der Waals surface area contributed by atoms with Crippen LogP contribution in [-0.4, -0.2) is 31.2 Å². The van der Waals surface area contributed by atoms with Crippen LogP contribution in [0.25, 0.3) is 0 Å². The summed E-state index contributed by atoms with van der Waals surface area (Å²) in [4.78, 5) is 6.72. The molecule has 6 heteroatoms. The zero-order valence-corrected chi connectivity index (χ0v) is 13.7. The van der Waals surface area contributed by atoms with Gasteiger partial charge < -0.3 is 20.7 Å². The predicted octanol–water partition coefficient (Wildman–Crippen LogP) is 2.18. The number of nitrogens with zero attached hydrogens (tertiary/aromatic N) is 2. The molecule has 3 N–H and O–H groups in total. The minimum absolute atomic E-state index is 0.433. The third kappa shape index (κ3) is 4.13. The lowest BCUT2D eigenvalue weighted by Gasteiger charge is -2.29. The quantitative estimate of drug-likeness (QED) is 0.878. The standard InChI is InChI=1S/C17H21ClN4O/c18-16-9-14(11-21-17(16)22-6-4-20-5-7-22)12-23-15-3-1-2-13(8-15)10-19/h1-3,8-9,11,20H,4-7,10,12,19H2. The van der Waals surface area contributed by atoms with E-state index in [2.05, 4.69) is 15.2 Å². The van der Waals surface area contributed by atoms with Crippen molar-refractivity contribution in [2.24, 2.45) is 5.73 Å². The molecule has 0 unspecified atom stereocenters. The van der Waals surface area contributed by atoms with Gasteiger partial charge in [0.2, 0.25) is 0 Å². The molecule has 23 heavy (non-hydrogen) atoms. The minimum atomic E-state index is 0.433. The number of pyridine rings is 1. The molecular formula is C17H21ClN4O. The molecule has 0 spiro atoms. The average Bonchev–Trinajstić information content (AvgIpc) is 2.61. The first-order valence-electron chi connectivity index (χ1n) is 7.78. The predicted molar refractivity (Wildman–Crippen MR) is 93.0 cm³/mol. The smallest absolute Gasteiger partial charge is 0.147 e. The molecule has 2 aromatic rings. The second-order valence-corrected chi connectivity index (χ2v) is 5.93. The molecule has 1 fully saturated rings. The molecule has 1 aliphatic heterocycles. The number of hydrogen-bond acceptors (Lipinski definition) is 5. The van der Waals surface area contributed by atoms with E-state index in [1.54, 1.807) is 0 Å². The molecule has 5 nitrogen and oxygen atoms in total. The summed E-state index contributed by atoms with van der Waals surface area (Å²) in [5.74, 6) is 1.65. The Labute approximate surface area is 141 Å². The van der Waals surface area contributed by atoms with Gasteiger partial charge in [0.25, 0.3) is 0 Å². The van der Waals surface area contributed by atoms with Crippen LogP contribution in [0.15, 0.2) is 36.5 Å². The van der Waals surface area contributed by atoms with Crippen molar-refractivity contribution in [2.45, 2.75) is 13.2 Å². The Morgan fingerprint density at radius 1 is 1.22 bits per heavy atom. The van der Waals surface area contributed by atoms with Gasteiger partial charge in [-0.15, -0.1) is 0 Å². The first-order valence-corrected chi connectivity index (χ1v) is 8.16. The van der Waals surface area contributed by atoms with E-state index in [0.29, 0.717) is 18.2 Å². The van der Waals surface area contributed by atoms with Gasteiger partial charge in [-0.3, -0.25) is 0 Å². The van der Waals surface area contributed by atoms with E-state index in [1.165, 1.54) is 0 Å². The zero-order valence-electron chi connectivity index (χ0n) is 13.0. The summed E-state index contributed by atoms with van der Waals surface area (Å²) >= 11 is 6.40. The lowest BCUT2D eigenvalue weighted by atomic mass is 10.2. The first-order chi connectivity index (χ1) is 11.3. The molecule has 3 rings (SSSR count). The Hall–Kier alpha value is -1.82. The summed E-state index contributed by atoms with van der Waals surface area (Å²) in [7, 11) is 0. The molecule has 1 aromatic carbocycles. The van der Waals surface area contributed by atoms with E-state index < -0.39 is 0 Å². The molecular weight excluding hydrogens is 312 g/mol. The van der Waals surface area contributed by atoms with Crippen LogP contribution in [-0.2, 0) is 13.2 Å². The van der Waals surface area contributed by atoms with E-state index in [4.69, 9.17) is 22.1 Å². The van der Waals surface area contributed by atoms with Crippen molar-refractivity contribution in [3.63, 3.8) is 0 Å². The van der Waals surface area contributed by atoms with Gasteiger partial charge >= 0.3 is 0 Å². The van der Waals surface area contributed by atoms with Crippen molar-refractivity contribution in [3.05, 3.63) is 52.7 Å². The number of rotatable bonds is 5. The van der Waals surface area contributed by atoms with Gasteiger partial charge in [0.15, 0.2) is 0 Å². The van der Waals surface area contributed by atoms with Crippen molar-refractivity contribution in [1.82, 2.24) is 10.3 Å². The Morgan fingerprint density at radius 2 is 2.04 bits per heavy atom. The number of benzene rings is 1. The molecule has 0 radical (unpaired) electrons. The highest BCUT2D eigenvalue weighted by Crippen LogP contribution is 2.25. The zero-order chi connectivity index (χ0) is 16.1. The maximum Gasteiger partial charge on any atom is 0.147 e. The number of nitrogens with one attached hydrogen (secondary N) is 1. The Balaban J connectivity index is 1.65. The van der Waals surface area contributed by atoms with Crippen LogP contribution in [0.5, 0.6) is 5.75 Å². The summed E-state index contributed by atoms with van der Waals surface area (Å²) < 4.78 is 5.80. The number of piperazine rings is 1. The fourth-order valence-corrected chi connectivity index (χ4v) is 2.90. The highest BCUT2D eigenvalue weighted by Gasteiger charge is 2.15. The monoisotopic (exact) mass is 332 g/mol. The highest BCUT2D eigenvalue weighted by atomic mass is 35.5.